The third-order valence-corrected chi connectivity index (χ3v) is 3.44. The Hall–Kier alpha value is -0.390. The predicted molar refractivity (Wildman–Crippen MR) is 61.8 cm³/mol. The minimum atomic E-state index is 0.778. The first-order chi connectivity index (χ1) is 6.66. The van der Waals surface area contributed by atoms with Crippen LogP contribution in [0.2, 0.25) is 0 Å². The van der Waals surface area contributed by atoms with Crippen molar-refractivity contribution >= 4 is 24.0 Å². The molecule has 1 N–H and O–H groups in total. The van der Waals surface area contributed by atoms with E-state index < -0.39 is 0 Å². The van der Waals surface area contributed by atoms with Crippen LogP contribution >= 0.6 is 24.0 Å². The zero-order valence-corrected chi connectivity index (χ0v) is 9.97. The first kappa shape index (κ1) is 10.1. The van der Waals surface area contributed by atoms with E-state index in [1.165, 1.54) is 11.3 Å². The maximum absolute atomic E-state index is 5.26. The molecule has 0 bridgehead atoms. The number of nitrogens with one attached hydrogen (secondary N) is 1. The Morgan fingerprint density at radius 2 is 2.29 bits per heavy atom. The molecular formula is C9H13N3S2. The van der Waals surface area contributed by atoms with Crippen LogP contribution < -0.4 is 0 Å². The lowest BCUT2D eigenvalue weighted by atomic mass is 10.3. The molecule has 0 atom stereocenters. The van der Waals surface area contributed by atoms with Crippen LogP contribution in [0, 0.1) is 4.64 Å². The molecular weight excluding hydrogens is 214 g/mol. The molecule has 0 aromatic carbocycles. The Kier molecular flexibility index (Phi) is 2.90. The van der Waals surface area contributed by atoms with Crippen LogP contribution in [0.25, 0.3) is 0 Å². The van der Waals surface area contributed by atoms with Crippen LogP contribution in [0.4, 0.5) is 0 Å². The standard InChI is InChI=1S/C9H13N3S2/c1-12(2)3-8-10-7-5-14-4-6(7)9(13)11-8/h3-5H2,1-2H3,(H,10,11,13). The van der Waals surface area contributed by atoms with E-state index in [1.54, 1.807) is 0 Å². The van der Waals surface area contributed by atoms with Crippen LogP contribution in [0.1, 0.15) is 17.1 Å². The summed E-state index contributed by atoms with van der Waals surface area (Å²) in [5, 5.41) is 0. The van der Waals surface area contributed by atoms with Gasteiger partial charge in [0.1, 0.15) is 10.5 Å². The van der Waals surface area contributed by atoms with E-state index in [-0.39, 0.29) is 0 Å². The lowest BCUT2D eigenvalue weighted by Crippen LogP contribution is -2.14. The first-order valence-corrected chi connectivity index (χ1v) is 6.06. The molecule has 14 heavy (non-hydrogen) atoms. The highest BCUT2D eigenvalue weighted by Gasteiger charge is 2.15. The zero-order valence-electron chi connectivity index (χ0n) is 8.33. The molecule has 0 spiro atoms. The quantitative estimate of drug-likeness (QED) is 0.783. The Balaban J connectivity index is 2.37. The van der Waals surface area contributed by atoms with E-state index in [1.807, 2.05) is 25.9 Å². The molecule has 1 aliphatic heterocycles. The summed E-state index contributed by atoms with van der Waals surface area (Å²) >= 11 is 7.15. The van der Waals surface area contributed by atoms with E-state index in [9.17, 15) is 0 Å². The van der Waals surface area contributed by atoms with Gasteiger partial charge < -0.3 is 9.88 Å². The van der Waals surface area contributed by atoms with Crippen LogP contribution in [0.5, 0.6) is 0 Å². The molecule has 1 aromatic rings. The van der Waals surface area contributed by atoms with Gasteiger partial charge in [-0.3, -0.25) is 0 Å². The monoisotopic (exact) mass is 227 g/mol. The van der Waals surface area contributed by atoms with E-state index in [0.29, 0.717) is 0 Å². The molecule has 0 amide bonds. The number of hydrogen-bond donors (Lipinski definition) is 1. The minimum Gasteiger partial charge on any atom is -0.345 e. The van der Waals surface area contributed by atoms with Gasteiger partial charge in [0.15, 0.2) is 0 Å². The number of H-pyrrole nitrogens is 1. The molecule has 0 saturated carbocycles. The normalized spacial score (nSPS) is 14.8. The summed E-state index contributed by atoms with van der Waals surface area (Å²) in [5.41, 5.74) is 2.50. The number of rotatable bonds is 2. The number of fused-ring (bicyclic) bond motifs is 1. The molecule has 3 nitrogen and oxygen atoms in total. The Morgan fingerprint density at radius 1 is 1.50 bits per heavy atom. The average Bonchev–Trinajstić information content (AvgIpc) is 2.50. The number of aromatic nitrogens is 2. The molecule has 0 saturated heterocycles. The van der Waals surface area contributed by atoms with Crippen molar-refractivity contribution in [2.24, 2.45) is 0 Å². The van der Waals surface area contributed by atoms with E-state index in [4.69, 9.17) is 12.2 Å². The summed E-state index contributed by atoms with van der Waals surface area (Å²) in [7, 11) is 4.06. The number of nitrogens with zero attached hydrogens (tertiary/aromatic N) is 2. The zero-order chi connectivity index (χ0) is 10.1. The van der Waals surface area contributed by atoms with Gasteiger partial charge in [-0.05, 0) is 14.1 Å². The van der Waals surface area contributed by atoms with Crippen molar-refractivity contribution < 1.29 is 0 Å². The third kappa shape index (κ3) is 1.99. The van der Waals surface area contributed by atoms with Gasteiger partial charge in [-0.15, -0.1) is 0 Å². The summed E-state index contributed by atoms with van der Waals surface area (Å²) in [5.74, 6) is 3.03. The number of hydrogen-bond acceptors (Lipinski definition) is 4. The lowest BCUT2D eigenvalue weighted by molar-refractivity contribution is 0.389. The molecule has 0 aliphatic carbocycles. The second kappa shape index (κ2) is 4.00. The van der Waals surface area contributed by atoms with Crippen molar-refractivity contribution in [2.45, 2.75) is 18.1 Å². The average molecular weight is 227 g/mol. The van der Waals surface area contributed by atoms with Gasteiger partial charge in [-0.25, -0.2) is 4.98 Å². The van der Waals surface area contributed by atoms with Crippen molar-refractivity contribution in [2.75, 3.05) is 14.1 Å². The van der Waals surface area contributed by atoms with Crippen LogP contribution in [0.15, 0.2) is 0 Å². The fraction of sp³-hybridized carbons (Fsp3) is 0.556. The molecule has 2 rings (SSSR count). The topological polar surface area (TPSA) is 31.9 Å². The minimum absolute atomic E-state index is 0.778. The van der Waals surface area contributed by atoms with Gasteiger partial charge in [-0.1, -0.05) is 12.2 Å². The van der Waals surface area contributed by atoms with E-state index in [0.717, 1.165) is 28.5 Å². The number of thioether (sulfide) groups is 1. The van der Waals surface area contributed by atoms with Gasteiger partial charge in [0, 0.05) is 22.8 Å². The van der Waals surface area contributed by atoms with Crippen LogP contribution in [-0.4, -0.2) is 29.0 Å². The maximum atomic E-state index is 5.26. The van der Waals surface area contributed by atoms with Crippen molar-refractivity contribution in [3.63, 3.8) is 0 Å². The van der Waals surface area contributed by atoms with Crippen molar-refractivity contribution in [1.82, 2.24) is 14.9 Å². The van der Waals surface area contributed by atoms with Crippen molar-refractivity contribution in [3.05, 3.63) is 21.7 Å². The number of aromatic amines is 1. The molecule has 1 aromatic heterocycles. The Morgan fingerprint density at radius 3 is 3.00 bits per heavy atom. The fourth-order valence-corrected chi connectivity index (χ4v) is 2.96. The predicted octanol–water partition coefficient (Wildman–Crippen LogP) is 1.95. The van der Waals surface area contributed by atoms with Gasteiger partial charge in [0.2, 0.25) is 0 Å². The summed E-state index contributed by atoms with van der Waals surface area (Å²) < 4.78 is 0.778. The van der Waals surface area contributed by atoms with Gasteiger partial charge >= 0.3 is 0 Å². The van der Waals surface area contributed by atoms with Gasteiger partial charge in [-0.2, -0.15) is 11.8 Å². The summed E-state index contributed by atoms with van der Waals surface area (Å²) in [6.07, 6.45) is 0. The molecule has 0 fully saturated rings. The highest BCUT2D eigenvalue weighted by molar-refractivity contribution is 7.98. The molecule has 1 aliphatic rings. The smallest absolute Gasteiger partial charge is 0.134 e. The maximum Gasteiger partial charge on any atom is 0.134 e. The highest BCUT2D eigenvalue weighted by atomic mass is 32.2. The fourth-order valence-electron chi connectivity index (χ4n) is 1.50. The van der Waals surface area contributed by atoms with Gasteiger partial charge in [0.25, 0.3) is 0 Å². The highest BCUT2D eigenvalue weighted by Crippen LogP contribution is 2.28. The largest absolute Gasteiger partial charge is 0.345 e. The van der Waals surface area contributed by atoms with E-state index in [2.05, 4.69) is 14.9 Å². The van der Waals surface area contributed by atoms with E-state index >= 15 is 0 Å². The Bertz CT molecular complexity index is 398. The molecule has 76 valence electrons. The third-order valence-electron chi connectivity index (χ3n) is 2.11. The summed E-state index contributed by atoms with van der Waals surface area (Å²) in [6, 6.07) is 0. The summed E-state index contributed by atoms with van der Waals surface area (Å²) in [6.45, 7) is 0.821. The van der Waals surface area contributed by atoms with Crippen molar-refractivity contribution in [1.29, 1.82) is 0 Å². The SMILES string of the molecule is CN(C)Cc1nc(=S)c2c([nH]1)CSC2. The van der Waals surface area contributed by atoms with Crippen LogP contribution in [0.3, 0.4) is 0 Å². The summed E-state index contributed by atoms with van der Waals surface area (Å²) in [4.78, 5) is 9.83. The molecule has 0 unspecified atom stereocenters. The Labute approximate surface area is 92.9 Å². The second-order valence-corrected chi connectivity index (χ2v) is 5.05. The first-order valence-electron chi connectivity index (χ1n) is 4.50. The second-order valence-electron chi connectivity index (χ2n) is 3.68. The molecule has 5 heteroatoms. The lowest BCUT2D eigenvalue weighted by Gasteiger charge is -2.10. The van der Waals surface area contributed by atoms with Crippen molar-refractivity contribution in [3.8, 4) is 0 Å². The molecule has 2 heterocycles. The van der Waals surface area contributed by atoms with Crippen LogP contribution in [-0.2, 0) is 18.1 Å². The molecule has 0 radical (unpaired) electrons. The van der Waals surface area contributed by atoms with Gasteiger partial charge in [0.05, 0.1) is 6.54 Å².